The summed E-state index contributed by atoms with van der Waals surface area (Å²) >= 11 is 12.3. The van der Waals surface area contributed by atoms with Gasteiger partial charge in [-0.2, -0.15) is 0 Å². The van der Waals surface area contributed by atoms with Crippen LogP contribution >= 0.6 is 23.2 Å². The molecule has 1 aromatic carbocycles. The van der Waals surface area contributed by atoms with E-state index in [0.717, 1.165) is 29.8 Å². The number of carbonyl (C=O) groups is 1. The molecule has 4 nitrogen and oxygen atoms in total. The molecule has 0 spiro atoms. The van der Waals surface area contributed by atoms with Crippen molar-refractivity contribution in [2.75, 3.05) is 0 Å². The van der Waals surface area contributed by atoms with E-state index in [-0.39, 0.29) is 5.91 Å². The second-order valence-corrected chi connectivity index (χ2v) is 8.27. The van der Waals surface area contributed by atoms with Gasteiger partial charge in [0.25, 0.3) is 5.91 Å². The lowest BCUT2D eigenvalue weighted by atomic mass is 9.94. The Morgan fingerprint density at radius 3 is 2.50 bits per heavy atom. The summed E-state index contributed by atoms with van der Waals surface area (Å²) in [4.78, 5) is 20.2. The first-order chi connectivity index (χ1) is 13.5. The number of nitrogens with zero attached hydrogens (tertiary/aromatic N) is 3. The molecule has 0 saturated heterocycles. The first-order valence-electron chi connectivity index (χ1n) is 9.71. The van der Waals surface area contributed by atoms with Gasteiger partial charge in [0.05, 0.1) is 12.2 Å². The Balaban J connectivity index is 1.83. The lowest BCUT2D eigenvalue weighted by Gasteiger charge is -2.31. The van der Waals surface area contributed by atoms with Crippen molar-refractivity contribution in [1.29, 1.82) is 0 Å². The van der Waals surface area contributed by atoms with E-state index in [4.69, 9.17) is 28.2 Å². The topological polar surface area (TPSA) is 38.1 Å². The second-order valence-electron chi connectivity index (χ2n) is 7.37. The fraction of sp³-hybridized carbons (Fsp3) is 0.364. The van der Waals surface area contributed by atoms with Crippen molar-refractivity contribution in [2.24, 2.45) is 0 Å². The van der Waals surface area contributed by atoms with Crippen LogP contribution in [0.25, 0.3) is 11.3 Å². The van der Waals surface area contributed by atoms with Crippen molar-refractivity contribution in [3.05, 3.63) is 64.2 Å². The predicted octanol–water partition coefficient (Wildman–Crippen LogP) is 5.97. The number of halogens is 2. The molecule has 1 aliphatic carbocycles. The third kappa shape index (κ3) is 3.29. The number of aromatic nitrogens is 2. The van der Waals surface area contributed by atoms with Crippen molar-refractivity contribution < 1.29 is 4.79 Å². The molecule has 1 aliphatic heterocycles. The van der Waals surface area contributed by atoms with Crippen LogP contribution in [0.5, 0.6) is 0 Å². The van der Waals surface area contributed by atoms with Crippen LogP contribution in [0.4, 0.5) is 0 Å². The number of allylic oxidation sites excluding steroid dienone is 3. The van der Waals surface area contributed by atoms with Crippen LogP contribution in [0.15, 0.2) is 42.0 Å². The monoisotopic (exact) mass is 415 g/mol. The summed E-state index contributed by atoms with van der Waals surface area (Å²) in [6.07, 6.45) is 7.65. The molecule has 28 heavy (non-hydrogen) atoms. The van der Waals surface area contributed by atoms with Crippen molar-refractivity contribution in [3.63, 3.8) is 0 Å². The molecule has 1 amide bonds. The average Bonchev–Trinajstić information content (AvgIpc) is 3.20. The van der Waals surface area contributed by atoms with Gasteiger partial charge >= 0.3 is 0 Å². The maximum Gasteiger partial charge on any atom is 0.273 e. The number of hydrogen-bond donors (Lipinski definition) is 0. The van der Waals surface area contributed by atoms with E-state index in [1.807, 2.05) is 46.7 Å². The fourth-order valence-corrected chi connectivity index (χ4v) is 4.60. The van der Waals surface area contributed by atoms with Crippen LogP contribution in [-0.2, 0) is 6.54 Å². The molecule has 6 heteroatoms. The molecule has 0 atom stereocenters. The first-order valence-corrected chi connectivity index (χ1v) is 10.5. The van der Waals surface area contributed by atoms with E-state index in [2.05, 4.69) is 6.58 Å². The minimum Gasteiger partial charge on any atom is -0.328 e. The normalized spacial score (nSPS) is 17.9. The Morgan fingerprint density at radius 2 is 1.89 bits per heavy atom. The molecule has 4 rings (SSSR count). The molecule has 2 aromatic rings. The molecular weight excluding hydrogens is 393 g/mol. The van der Waals surface area contributed by atoms with Crippen molar-refractivity contribution in [2.45, 2.75) is 51.6 Å². The van der Waals surface area contributed by atoms with E-state index in [1.54, 1.807) is 0 Å². The Bertz CT molecular complexity index is 953. The largest absolute Gasteiger partial charge is 0.328 e. The van der Waals surface area contributed by atoms with Gasteiger partial charge in [-0.25, -0.2) is 4.98 Å². The number of fused-ring (bicyclic) bond motifs is 1. The third-order valence-corrected chi connectivity index (χ3v) is 6.11. The zero-order chi connectivity index (χ0) is 19.8. The molecule has 2 aliphatic rings. The zero-order valence-electron chi connectivity index (χ0n) is 15.9. The fourth-order valence-electron chi connectivity index (χ4n) is 4.28. The van der Waals surface area contributed by atoms with Crippen LogP contribution in [0.1, 0.15) is 61.0 Å². The standard InChI is InChI=1S/C22H23Cl2N3O/c1-3-18(14(2)23)21-25-19-13-26(16-7-5-4-6-8-16)22(28)20(19)27(21)17-11-9-15(24)10-12-17/h3,9-12,16H,2,4-8,13H2,1H3/b18-3-. The molecule has 146 valence electrons. The zero-order valence-corrected chi connectivity index (χ0v) is 17.4. The minimum atomic E-state index is 0.0474. The lowest BCUT2D eigenvalue weighted by Crippen LogP contribution is -2.37. The number of carbonyl (C=O) groups excluding carboxylic acids is 1. The number of hydrogen-bond acceptors (Lipinski definition) is 2. The summed E-state index contributed by atoms with van der Waals surface area (Å²) in [6.45, 7) is 6.32. The molecule has 2 heterocycles. The first kappa shape index (κ1) is 19.3. The van der Waals surface area contributed by atoms with Gasteiger partial charge in [-0.05, 0) is 44.0 Å². The summed E-state index contributed by atoms with van der Waals surface area (Å²) < 4.78 is 1.90. The van der Waals surface area contributed by atoms with E-state index >= 15 is 0 Å². The highest BCUT2D eigenvalue weighted by Gasteiger charge is 2.39. The summed E-state index contributed by atoms with van der Waals surface area (Å²) in [5.41, 5.74) is 2.99. The van der Waals surface area contributed by atoms with Gasteiger partial charge in [0, 0.05) is 27.4 Å². The molecule has 0 N–H and O–H groups in total. The van der Waals surface area contributed by atoms with Crippen molar-refractivity contribution >= 4 is 34.7 Å². The Hall–Kier alpha value is -2.04. The van der Waals surface area contributed by atoms with Gasteiger partial charge < -0.3 is 4.90 Å². The van der Waals surface area contributed by atoms with Crippen LogP contribution in [-0.4, -0.2) is 26.4 Å². The Morgan fingerprint density at radius 1 is 1.21 bits per heavy atom. The third-order valence-electron chi connectivity index (χ3n) is 5.66. The summed E-state index contributed by atoms with van der Waals surface area (Å²) in [5.74, 6) is 0.692. The minimum absolute atomic E-state index is 0.0474. The lowest BCUT2D eigenvalue weighted by molar-refractivity contribution is 0.0651. The summed E-state index contributed by atoms with van der Waals surface area (Å²) in [7, 11) is 0. The molecule has 0 unspecified atom stereocenters. The van der Waals surface area contributed by atoms with Crippen molar-refractivity contribution in [3.8, 4) is 5.69 Å². The summed E-state index contributed by atoms with van der Waals surface area (Å²) in [6, 6.07) is 7.73. The van der Waals surface area contributed by atoms with E-state index in [1.165, 1.54) is 19.3 Å². The molecule has 1 fully saturated rings. The van der Waals surface area contributed by atoms with Gasteiger partial charge in [0.15, 0.2) is 0 Å². The van der Waals surface area contributed by atoms with Crippen LogP contribution in [0.2, 0.25) is 5.02 Å². The SMILES string of the molecule is C=C(Cl)/C(=C/C)c1nc2c(n1-c1ccc(Cl)cc1)C(=O)N(C1CCCCC1)C2. The van der Waals surface area contributed by atoms with E-state index in [0.29, 0.717) is 34.2 Å². The maximum absolute atomic E-state index is 13.4. The molecule has 1 saturated carbocycles. The number of rotatable bonds is 4. The van der Waals surface area contributed by atoms with Gasteiger partial charge in [-0.15, -0.1) is 0 Å². The smallest absolute Gasteiger partial charge is 0.273 e. The quantitative estimate of drug-likeness (QED) is 0.576. The van der Waals surface area contributed by atoms with E-state index in [9.17, 15) is 4.79 Å². The van der Waals surface area contributed by atoms with Gasteiger partial charge in [0.1, 0.15) is 11.5 Å². The number of benzene rings is 1. The predicted molar refractivity (Wildman–Crippen MR) is 114 cm³/mol. The molecular formula is C22H23Cl2N3O. The second kappa shape index (κ2) is 7.76. The van der Waals surface area contributed by atoms with Crippen LogP contribution < -0.4 is 0 Å². The molecule has 1 aromatic heterocycles. The van der Waals surface area contributed by atoms with Crippen molar-refractivity contribution in [1.82, 2.24) is 14.5 Å². The van der Waals surface area contributed by atoms with E-state index < -0.39 is 0 Å². The summed E-state index contributed by atoms with van der Waals surface area (Å²) in [5, 5.41) is 1.04. The highest BCUT2D eigenvalue weighted by Crippen LogP contribution is 2.36. The van der Waals surface area contributed by atoms with Crippen LogP contribution in [0.3, 0.4) is 0 Å². The van der Waals surface area contributed by atoms with Gasteiger partial charge in [-0.1, -0.05) is 55.1 Å². The Labute approximate surface area is 175 Å². The Kier molecular flexibility index (Phi) is 5.35. The highest BCUT2D eigenvalue weighted by molar-refractivity contribution is 6.36. The van der Waals surface area contributed by atoms with Gasteiger partial charge in [-0.3, -0.25) is 9.36 Å². The van der Waals surface area contributed by atoms with Gasteiger partial charge in [0.2, 0.25) is 0 Å². The molecule has 0 bridgehead atoms. The number of imidazole rings is 1. The maximum atomic E-state index is 13.4. The highest BCUT2D eigenvalue weighted by atomic mass is 35.5. The number of amides is 1. The molecule has 0 radical (unpaired) electrons. The average molecular weight is 416 g/mol. The van der Waals surface area contributed by atoms with Crippen LogP contribution in [0, 0.1) is 0 Å².